The number of rotatable bonds is 3. The van der Waals surface area contributed by atoms with Crippen LogP contribution in [0, 0.1) is 0 Å². The number of alkyl halides is 1. The Morgan fingerprint density at radius 3 is 2.17 bits per heavy atom. The number of fused-ring (bicyclic) bond motifs is 2. The average Bonchev–Trinajstić information content (AvgIpc) is 2.65. The molecule has 0 spiro atoms. The number of hydrogen-bond donors (Lipinski definition) is 0. The molecule has 2 heteroatoms. The largest absolute Gasteiger partial charge is 0.293 e. The molecule has 2 heterocycles. The van der Waals surface area contributed by atoms with E-state index in [0.717, 1.165) is 24.0 Å². The number of hydrogen-bond acceptors (Lipinski definition) is 1. The van der Waals surface area contributed by atoms with Gasteiger partial charge in [-0.2, -0.15) is 0 Å². The third-order valence-electron chi connectivity index (χ3n) is 3.20. The summed E-state index contributed by atoms with van der Waals surface area (Å²) in [5.74, 6) is 0. The Kier molecular flexibility index (Phi) is 2.56. The van der Waals surface area contributed by atoms with Gasteiger partial charge < -0.3 is 0 Å². The van der Waals surface area contributed by atoms with Gasteiger partial charge in [0.25, 0.3) is 0 Å². The highest BCUT2D eigenvalue weighted by molar-refractivity contribution is 9.09. The van der Waals surface area contributed by atoms with E-state index in [1.54, 1.807) is 0 Å². The molecule has 68 valence electrons. The lowest BCUT2D eigenvalue weighted by molar-refractivity contribution is 0.276. The summed E-state index contributed by atoms with van der Waals surface area (Å²) in [6, 6.07) is 1.79. The molecule has 0 aliphatic carbocycles. The Hall–Kier alpha value is 0.180. The summed E-state index contributed by atoms with van der Waals surface area (Å²) in [5.41, 5.74) is 1.33. The molecule has 0 radical (unpaired) electrons. The molecule has 2 aliphatic heterocycles. The first-order valence-corrected chi connectivity index (χ1v) is 5.92. The van der Waals surface area contributed by atoms with Gasteiger partial charge >= 0.3 is 0 Å². The topological polar surface area (TPSA) is 3.24 Å². The van der Waals surface area contributed by atoms with Gasteiger partial charge in [-0.15, -0.1) is 0 Å². The second-order valence-electron chi connectivity index (χ2n) is 4.02. The molecule has 0 atom stereocenters. The fourth-order valence-electron chi connectivity index (χ4n) is 2.58. The monoisotopic (exact) mass is 229 g/mol. The minimum Gasteiger partial charge on any atom is -0.293 e. The molecule has 1 nitrogen and oxygen atoms in total. The Labute approximate surface area is 82.9 Å². The molecule has 0 aromatic carbocycles. The lowest BCUT2D eigenvalue weighted by atomic mass is 10.0. The molecule has 2 fully saturated rings. The zero-order chi connectivity index (χ0) is 8.55. The van der Waals surface area contributed by atoms with Crippen LogP contribution in [0.3, 0.4) is 0 Å². The van der Waals surface area contributed by atoms with Gasteiger partial charge in [-0.05, 0) is 25.7 Å². The molecule has 2 aliphatic rings. The molecule has 12 heavy (non-hydrogen) atoms. The van der Waals surface area contributed by atoms with Crippen molar-refractivity contribution in [2.45, 2.75) is 37.8 Å². The van der Waals surface area contributed by atoms with Gasteiger partial charge in [-0.3, -0.25) is 4.90 Å². The standard InChI is InChI=1S/C10H16BrN/c1-8(6-11)7-12-9-2-3-10(12)5-4-9/h9-10H,1-7H2. The molecule has 0 saturated carbocycles. The van der Waals surface area contributed by atoms with Crippen molar-refractivity contribution >= 4 is 15.9 Å². The van der Waals surface area contributed by atoms with Crippen LogP contribution in [0.2, 0.25) is 0 Å². The molecule has 0 aromatic heterocycles. The van der Waals surface area contributed by atoms with Crippen molar-refractivity contribution < 1.29 is 0 Å². The number of nitrogens with zero attached hydrogens (tertiary/aromatic N) is 1. The molecule has 0 aromatic rings. The summed E-state index contributed by atoms with van der Waals surface area (Å²) in [7, 11) is 0. The van der Waals surface area contributed by atoms with Crippen molar-refractivity contribution in [3.05, 3.63) is 12.2 Å². The third kappa shape index (κ3) is 1.47. The minimum absolute atomic E-state index is 0.894. The first-order chi connectivity index (χ1) is 5.81. The summed E-state index contributed by atoms with van der Waals surface area (Å²) in [6.45, 7) is 5.17. The van der Waals surface area contributed by atoms with Gasteiger partial charge in [0.2, 0.25) is 0 Å². The molecule has 2 saturated heterocycles. The Morgan fingerprint density at radius 1 is 1.25 bits per heavy atom. The van der Waals surface area contributed by atoms with E-state index >= 15 is 0 Å². The van der Waals surface area contributed by atoms with Gasteiger partial charge in [0, 0.05) is 24.0 Å². The lowest BCUT2D eigenvalue weighted by Crippen LogP contribution is -2.30. The summed E-state index contributed by atoms with van der Waals surface area (Å²) in [5, 5.41) is 0.961. The maximum absolute atomic E-state index is 4.04. The predicted octanol–water partition coefficient (Wildman–Crippen LogP) is 2.56. The lowest BCUT2D eigenvalue weighted by Gasteiger charge is -2.21. The van der Waals surface area contributed by atoms with Crippen LogP contribution in [0.5, 0.6) is 0 Å². The molecule has 2 bridgehead atoms. The molecule has 0 unspecified atom stereocenters. The second-order valence-corrected chi connectivity index (χ2v) is 4.58. The first kappa shape index (κ1) is 8.76. The van der Waals surface area contributed by atoms with Crippen molar-refractivity contribution in [1.29, 1.82) is 0 Å². The van der Waals surface area contributed by atoms with Crippen molar-refractivity contribution in [2.24, 2.45) is 0 Å². The maximum atomic E-state index is 4.04. The molecule has 0 amide bonds. The van der Waals surface area contributed by atoms with Crippen molar-refractivity contribution in [1.82, 2.24) is 4.90 Å². The Bertz CT molecular complexity index is 170. The van der Waals surface area contributed by atoms with Crippen LogP contribution in [0.25, 0.3) is 0 Å². The summed E-state index contributed by atoms with van der Waals surface area (Å²) in [4.78, 5) is 2.66. The van der Waals surface area contributed by atoms with Gasteiger partial charge in [0.15, 0.2) is 0 Å². The van der Waals surface area contributed by atoms with Gasteiger partial charge in [-0.1, -0.05) is 28.1 Å². The van der Waals surface area contributed by atoms with Crippen molar-refractivity contribution in [3.8, 4) is 0 Å². The van der Waals surface area contributed by atoms with E-state index < -0.39 is 0 Å². The Morgan fingerprint density at radius 2 is 1.75 bits per heavy atom. The summed E-state index contributed by atoms with van der Waals surface area (Å²) in [6.07, 6.45) is 5.72. The number of halogens is 1. The van der Waals surface area contributed by atoms with Crippen molar-refractivity contribution in [2.75, 3.05) is 11.9 Å². The highest BCUT2D eigenvalue weighted by Crippen LogP contribution is 2.37. The van der Waals surface area contributed by atoms with Crippen LogP contribution in [0.15, 0.2) is 12.2 Å². The SMILES string of the molecule is C=C(CBr)CN1C2CCC1CC2. The highest BCUT2D eigenvalue weighted by atomic mass is 79.9. The van der Waals surface area contributed by atoms with Crippen molar-refractivity contribution in [3.63, 3.8) is 0 Å². The fourth-order valence-corrected chi connectivity index (χ4v) is 2.76. The normalized spacial score (nSPS) is 34.4. The summed E-state index contributed by atoms with van der Waals surface area (Å²) >= 11 is 3.46. The highest BCUT2D eigenvalue weighted by Gasteiger charge is 2.38. The van der Waals surface area contributed by atoms with Crippen LogP contribution >= 0.6 is 15.9 Å². The molecule has 0 N–H and O–H groups in total. The predicted molar refractivity (Wildman–Crippen MR) is 55.7 cm³/mol. The minimum atomic E-state index is 0.894. The van der Waals surface area contributed by atoms with Crippen LogP contribution < -0.4 is 0 Å². The average molecular weight is 230 g/mol. The molecule has 2 rings (SSSR count). The molecular formula is C10H16BrN. The maximum Gasteiger partial charge on any atom is 0.0251 e. The van der Waals surface area contributed by atoms with Crippen LogP contribution in [0.4, 0.5) is 0 Å². The van der Waals surface area contributed by atoms with Crippen LogP contribution in [0.1, 0.15) is 25.7 Å². The van der Waals surface area contributed by atoms with E-state index in [4.69, 9.17) is 0 Å². The fraction of sp³-hybridized carbons (Fsp3) is 0.800. The smallest absolute Gasteiger partial charge is 0.0251 e. The first-order valence-electron chi connectivity index (χ1n) is 4.79. The third-order valence-corrected chi connectivity index (χ3v) is 3.99. The quantitative estimate of drug-likeness (QED) is 0.532. The zero-order valence-corrected chi connectivity index (χ0v) is 9.02. The zero-order valence-electron chi connectivity index (χ0n) is 7.43. The van der Waals surface area contributed by atoms with E-state index in [-0.39, 0.29) is 0 Å². The Balaban J connectivity index is 1.92. The van der Waals surface area contributed by atoms with E-state index in [1.807, 2.05) is 0 Å². The van der Waals surface area contributed by atoms with Crippen LogP contribution in [-0.4, -0.2) is 28.9 Å². The van der Waals surface area contributed by atoms with Gasteiger partial charge in [0.05, 0.1) is 0 Å². The van der Waals surface area contributed by atoms with E-state index in [2.05, 4.69) is 27.4 Å². The van der Waals surface area contributed by atoms with Gasteiger partial charge in [-0.25, -0.2) is 0 Å². The summed E-state index contributed by atoms with van der Waals surface area (Å²) < 4.78 is 0. The van der Waals surface area contributed by atoms with Gasteiger partial charge in [0.1, 0.15) is 0 Å². The van der Waals surface area contributed by atoms with Crippen LogP contribution in [-0.2, 0) is 0 Å². The molecular weight excluding hydrogens is 214 g/mol. The van der Waals surface area contributed by atoms with E-state index in [1.165, 1.54) is 31.3 Å². The van der Waals surface area contributed by atoms with E-state index in [0.29, 0.717) is 0 Å². The van der Waals surface area contributed by atoms with E-state index in [9.17, 15) is 0 Å². The second kappa shape index (κ2) is 3.51.